The molecule has 0 saturated heterocycles. The van der Waals surface area contributed by atoms with Crippen molar-refractivity contribution >= 4 is 12.0 Å². The number of amides is 2. The van der Waals surface area contributed by atoms with E-state index in [0.717, 1.165) is 11.1 Å². The molecule has 110 valence electrons. The minimum atomic E-state index is -0.979. The van der Waals surface area contributed by atoms with Crippen molar-refractivity contribution in [1.82, 2.24) is 9.80 Å². The van der Waals surface area contributed by atoms with Crippen LogP contribution in [0.25, 0.3) is 0 Å². The lowest BCUT2D eigenvalue weighted by Gasteiger charge is -2.29. The van der Waals surface area contributed by atoms with Crippen molar-refractivity contribution in [2.75, 3.05) is 14.1 Å². The van der Waals surface area contributed by atoms with Crippen molar-refractivity contribution in [1.29, 1.82) is 0 Å². The average Bonchev–Trinajstić information content (AvgIpc) is 2.38. The Morgan fingerprint density at radius 1 is 1.30 bits per heavy atom. The van der Waals surface area contributed by atoms with E-state index < -0.39 is 12.0 Å². The first-order valence-corrected chi connectivity index (χ1v) is 6.63. The van der Waals surface area contributed by atoms with Gasteiger partial charge in [-0.3, -0.25) is 0 Å². The molecular formula is C15H22N2O3. The smallest absolute Gasteiger partial charge is 0.326 e. The summed E-state index contributed by atoms with van der Waals surface area (Å²) < 4.78 is 0. The molecule has 0 aliphatic heterocycles. The molecule has 0 aliphatic carbocycles. The second-order valence-corrected chi connectivity index (χ2v) is 5.00. The van der Waals surface area contributed by atoms with E-state index in [0.29, 0.717) is 13.0 Å². The van der Waals surface area contributed by atoms with E-state index in [4.69, 9.17) is 5.11 Å². The Balaban J connectivity index is 2.73. The molecule has 0 spiro atoms. The van der Waals surface area contributed by atoms with Gasteiger partial charge in [-0.2, -0.15) is 0 Å². The van der Waals surface area contributed by atoms with Crippen molar-refractivity contribution in [3.8, 4) is 0 Å². The predicted octanol–water partition coefficient (Wildman–Crippen LogP) is 2.34. The lowest BCUT2D eigenvalue weighted by molar-refractivity contribution is -0.142. The van der Waals surface area contributed by atoms with Crippen LogP contribution in [-0.4, -0.2) is 47.0 Å². The van der Waals surface area contributed by atoms with Gasteiger partial charge in [-0.25, -0.2) is 9.59 Å². The fraction of sp³-hybridized carbons (Fsp3) is 0.467. The Kier molecular flexibility index (Phi) is 5.55. The number of nitrogens with zero attached hydrogens (tertiary/aromatic N) is 2. The minimum Gasteiger partial charge on any atom is -0.480 e. The standard InChI is InChI=1S/C15H22N2O3/c1-5-13(14(18)19)17(4)15(20)16(3)10-12-8-6-7-11(2)9-12/h6-9,13H,5,10H2,1-4H3,(H,18,19). The van der Waals surface area contributed by atoms with Crippen molar-refractivity contribution in [2.24, 2.45) is 0 Å². The van der Waals surface area contributed by atoms with E-state index in [1.54, 1.807) is 14.0 Å². The van der Waals surface area contributed by atoms with Gasteiger partial charge in [-0.15, -0.1) is 0 Å². The lowest BCUT2D eigenvalue weighted by atomic mass is 10.1. The molecule has 0 fully saturated rings. The summed E-state index contributed by atoms with van der Waals surface area (Å²) in [5.41, 5.74) is 2.16. The molecule has 2 amide bonds. The number of aryl methyl sites for hydroxylation is 1. The number of aliphatic carboxylic acids is 1. The number of carboxylic acids is 1. The molecule has 1 aromatic rings. The van der Waals surface area contributed by atoms with Gasteiger partial charge in [0.25, 0.3) is 0 Å². The molecule has 1 N–H and O–H groups in total. The molecule has 1 atom stereocenters. The molecule has 0 bridgehead atoms. The molecule has 0 heterocycles. The molecule has 5 nitrogen and oxygen atoms in total. The third-order valence-corrected chi connectivity index (χ3v) is 3.27. The second kappa shape index (κ2) is 6.93. The molecule has 1 unspecified atom stereocenters. The van der Waals surface area contributed by atoms with E-state index >= 15 is 0 Å². The average molecular weight is 278 g/mol. The van der Waals surface area contributed by atoms with Crippen LogP contribution in [0.5, 0.6) is 0 Å². The van der Waals surface area contributed by atoms with E-state index in [9.17, 15) is 9.59 Å². The van der Waals surface area contributed by atoms with Gasteiger partial charge in [0.2, 0.25) is 0 Å². The van der Waals surface area contributed by atoms with Gasteiger partial charge in [0, 0.05) is 20.6 Å². The third kappa shape index (κ3) is 3.98. The zero-order chi connectivity index (χ0) is 15.3. The molecule has 20 heavy (non-hydrogen) atoms. The van der Waals surface area contributed by atoms with Gasteiger partial charge in [-0.05, 0) is 18.9 Å². The van der Waals surface area contributed by atoms with Crippen LogP contribution in [-0.2, 0) is 11.3 Å². The Bertz CT molecular complexity index is 488. The van der Waals surface area contributed by atoms with Crippen LogP contribution in [0, 0.1) is 6.92 Å². The van der Waals surface area contributed by atoms with E-state index in [1.807, 2.05) is 31.2 Å². The number of rotatable bonds is 5. The fourth-order valence-electron chi connectivity index (χ4n) is 2.17. The summed E-state index contributed by atoms with van der Waals surface area (Å²) in [6, 6.07) is 6.82. The lowest BCUT2D eigenvalue weighted by Crippen LogP contribution is -2.47. The molecular weight excluding hydrogens is 256 g/mol. The molecule has 1 rings (SSSR count). The maximum Gasteiger partial charge on any atom is 0.326 e. The Morgan fingerprint density at radius 3 is 2.45 bits per heavy atom. The number of hydrogen-bond acceptors (Lipinski definition) is 2. The number of carbonyl (C=O) groups excluding carboxylic acids is 1. The maximum absolute atomic E-state index is 12.2. The van der Waals surface area contributed by atoms with Crippen LogP contribution in [0.1, 0.15) is 24.5 Å². The highest BCUT2D eigenvalue weighted by Gasteiger charge is 2.26. The number of carbonyl (C=O) groups is 2. The summed E-state index contributed by atoms with van der Waals surface area (Å²) in [4.78, 5) is 26.1. The number of carboxylic acid groups (broad SMARTS) is 1. The molecule has 5 heteroatoms. The van der Waals surface area contributed by atoms with Crippen LogP contribution in [0.2, 0.25) is 0 Å². The van der Waals surface area contributed by atoms with Gasteiger partial charge in [0.05, 0.1) is 0 Å². The summed E-state index contributed by atoms with van der Waals surface area (Å²) in [6.45, 7) is 4.21. The highest BCUT2D eigenvalue weighted by Crippen LogP contribution is 2.10. The maximum atomic E-state index is 12.2. The van der Waals surface area contributed by atoms with E-state index in [1.165, 1.54) is 16.8 Å². The van der Waals surface area contributed by atoms with E-state index in [-0.39, 0.29) is 6.03 Å². The fourth-order valence-corrected chi connectivity index (χ4v) is 2.17. The first-order valence-electron chi connectivity index (χ1n) is 6.63. The number of benzene rings is 1. The van der Waals surface area contributed by atoms with Crippen LogP contribution in [0.3, 0.4) is 0 Å². The minimum absolute atomic E-state index is 0.291. The third-order valence-electron chi connectivity index (χ3n) is 3.27. The van der Waals surface area contributed by atoms with Crippen molar-refractivity contribution in [3.05, 3.63) is 35.4 Å². The molecule has 0 saturated carbocycles. The number of likely N-dealkylation sites (N-methyl/N-ethyl adjacent to an activating group) is 1. The summed E-state index contributed by atoms with van der Waals surface area (Å²) in [6.07, 6.45) is 0.385. The zero-order valence-corrected chi connectivity index (χ0v) is 12.5. The SMILES string of the molecule is CCC(C(=O)O)N(C)C(=O)N(C)Cc1cccc(C)c1. The largest absolute Gasteiger partial charge is 0.480 e. The highest BCUT2D eigenvalue weighted by atomic mass is 16.4. The van der Waals surface area contributed by atoms with Gasteiger partial charge in [-0.1, -0.05) is 36.8 Å². The van der Waals surface area contributed by atoms with Gasteiger partial charge >= 0.3 is 12.0 Å². The zero-order valence-electron chi connectivity index (χ0n) is 12.5. The number of urea groups is 1. The van der Waals surface area contributed by atoms with Gasteiger partial charge in [0.1, 0.15) is 6.04 Å². The van der Waals surface area contributed by atoms with Crippen LogP contribution in [0.4, 0.5) is 4.79 Å². The monoisotopic (exact) mass is 278 g/mol. The summed E-state index contributed by atoms with van der Waals surface area (Å²) in [5.74, 6) is -0.979. The normalized spacial score (nSPS) is 11.8. The van der Waals surface area contributed by atoms with Gasteiger partial charge < -0.3 is 14.9 Å². The predicted molar refractivity (Wildman–Crippen MR) is 77.5 cm³/mol. The summed E-state index contributed by atoms with van der Waals surface area (Å²) in [7, 11) is 3.20. The van der Waals surface area contributed by atoms with Crippen LogP contribution in [0.15, 0.2) is 24.3 Å². The second-order valence-electron chi connectivity index (χ2n) is 5.00. The molecule has 0 radical (unpaired) electrons. The highest BCUT2D eigenvalue weighted by molar-refractivity contribution is 5.82. The topological polar surface area (TPSA) is 60.9 Å². The summed E-state index contributed by atoms with van der Waals surface area (Å²) >= 11 is 0. The Hall–Kier alpha value is -2.04. The first kappa shape index (κ1) is 16.0. The van der Waals surface area contributed by atoms with Crippen molar-refractivity contribution < 1.29 is 14.7 Å². The van der Waals surface area contributed by atoms with Crippen LogP contribution < -0.4 is 0 Å². The number of hydrogen-bond donors (Lipinski definition) is 1. The van der Waals surface area contributed by atoms with Crippen molar-refractivity contribution in [2.45, 2.75) is 32.9 Å². The Morgan fingerprint density at radius 2 is 1.95 bits per heavy atom. The van der Waals surface area contributed by atoms with E-state index in [2.05, 4.69) is 0 Å². The quantitative estimate of drug-likeness (QED) is 0.899. The molecule has 1 aromatic carbocycles. The molecule has 0 aliphatic rings. The van der Waals surface area contributed by atoms with Crippen molar-refractivity contribution in [3.63, 3.8) is 0 Å². The molecule has 0 aromatic heterocycles. The summed E-state index contributed by atoms with van der Waals surface area (Å²) in [5, 5.41) is 9.09. The van der Waals surface area contributed by atoms with Gasteiger partial charge in [0.15, 0.2) is 0 Å². The first-order chi connectivity index (χ1) is 9.36. The Labute approximate surface area is 119 Å². The van der Waals surface area contributed by atoms with Crippen LogP contribution >= 0.6 is 0 Å².